The third kappa shape index (κ3) is 3.92. The molecule has 0 bridgehead atoms. The van der Waals surface area contributed by atoms with Crippen LogP contribution >= 0.6 is 11.6 Å². The fourth-order valence-electron chi connectivity index (χ4n) is 3.27. The van der Waals surface area contributed by atoms with Crippen molar-refractivity contribution in [3.8, 4) is 0 Å². The Kier molecular flexibility index (Phi) is 4.95. The van der Waals surface area contributed by atoms with Gasteiger partial charge in [0.05, 0.1) is 6.54 Å². The zero-order valence-electron chi connectivity index (χ0n) is 13.8. The van der Waals surface area contributed by atoms with Crippen molar-refractivity contribution in [1.29, 1.82) is 0 Å². The van der Waals surface area contributed by atoms with Crippen LogP contribution in [0.4, 0.5) is 13.2 Å². The molecule has 1 fully saturated rings. The summed E-state index contributed by atoms with van der Waals surface area (Å²) in [6.07, 6.45) is 0.899. The van der Waals surface area contributed by atoms with Crippen molar-refractivity contribution in [3.63, 3.8) is 0 Å². The summed E-state index contributed by atoms with van der Waals surface area (Å²) in [7, 11) is 1.51. The Bertz CT molecular complexity index is 801. The van der Waals surface area contributed by atoms with Gasteiger partial charge in [0.1, 0.15) is 11.6 Å². The smallest absolute Gasteiger partial charge is 0.274 e. The number of benzene rings is 1. The van der Waals surface area contributed by atoms with Crippen LogP contribution in [-0.2, 0) is 20.0 Å². The summed E-state index contributed by atoms with van der Waals surface area (Å²) < 4.78 is 43.2. The zero-order valence-corrected chi connectivity index (χ0v) is 14.6. The summed E-state index contributed by atoms with van der Waals surface area (Å²) in [5, 5.41) is 4.45. The van der Waals surface area contributed by atoms with Gasteiger partial charge in [0.25, 0.3) is 0 Å². The predicted molar refractivity (Wildman–Crippen MR) is 88.6 cm³/mol. The van der Waals surface area contributed by atoms with E-state index in [9.17, 15) is 18.0 Å². The number of alkyl halides is 2. The minimum Gasteiger partial charge on any atom is -0.274 e. The van der Waals surface area contributed by atoms with Gasteiger partial charge in [-0.25, -0.2) is 22.6 Å². The molecule has 1 aromatic carbocycles. The number of aromatic nitrogens is 3. The maximum absolute atomic E-state index is 14.0. The second kappa shape index (κ2) is 6.86. The molecule has 0 amide bonds. The SMILES string of the molecule is Cn1nc(CC2CCC(F)(F)CC2)n(Cc2c(F)cccc2Cl)c1=O. The van der Waals surface area contributed by atoms with Gasteiger partial charge in [0.2, 0.25) is 5.92 Å². The number of hydrogen-bond acceptors (Lipinski definition) is 2. The second-order valence-electron chi connectivity index (χ2n) is 6.61. The molecule has 1 aliphatic rings. The van der Waals surface area contributed by atoms with Crippen LogP contribution in [0.2, 0.25) is 5.02 Å². The van der Waals surface area contributed by atoms with E-state index in [1.807, 2.05) is 0 Å². The largest absolute Gasteiger partial charge is 0.345 e. The number of nitrogens with zero attached hydrogens (tertiary/aromatic N) is 3. The maximum atomic E-state index is 14.0. The van der Waals surface area contributed by atoms with Gasteiger partial charge in [0.15, 0.2) is 0 Å². The van der Waals surface area contributed by atoms with Crippen LogP contribution in [-0.4, -0.2) is 20.3 Å². The van der Waals surface area contributed by atoms with Crippen LogP contribution in [0.25, 0.3) is 0 Å². The minimum atomic E-state index is -2.60. The van der Waals surface area contributed by atoms with Gasteiger partial charge >= 0.3 is 5.69 Å². The van der Waals surface area contributed by atoms with E-state index >= 15 is 0 Å². The molecule has 0 spiro atoms. The lowest BCUT2D eigenvalue weighted by molar-refractivity contribution is -0.0458. The number of hydrogen-bond donors (Lipinski definition) is 0. The van der Waals surface area contributed by atoms with Crippen molar-refractivity contribution in [1.82, 2.24) is 14.3 Å². The van der Waals surface area contributed by atoms with E-state index in [1.54, 1.807) is 6.07 Å². The molecule has 0 unspecified atom stereocenters. The first kappa shape index (κ1) is 18.0. The summed E-state index contributed by atoms with van der Waals surface area (Å²) in [6, 6.07) is 4.34. The van der Waals surface area contributed by atoms with Crippen molar-refractivity contribution < 1.29 is 13.2 Å². The Labute approximate surface area is 148 Å². The topological polar surface area (TPSA) is 39.8 Å². The molecule has 1 heterocycles. The van der Waals surface area contributed by atoms with Crippen LogP contribution in [0, 0.1) is 11.7 Å². The van der Waals surface area contributed by atoms with Crippen LogP contribution in [0.5, 0.6) is 0 Å². The molecule has 0 atom stereocenters. The molecule has 2 aromatic rings. The third-order valence-electron chi connectivity index (χ3n) is 4.77. The first-order valence-electron chi connectivity index (χ1n) is 8.20. The molecule has 0 N–H and O–H groups in total. The monoisotopic (exact) mass is 373 g/mol. The molecule has 3 rings (SSSR count). The van der Waals surface area contributed by atoms with Crippen molar-refractivity contribution in [2.24, 2.45) is 13.0 Å². The van der Waals surface area contributed by atoms with Crippen LogP contribution in [0.1, 0.15) is 37.1 Å². The Morgan fingerprint density at radius 2 is 2.00 bits per heavy atom. The first-order chi connectivity index (χ1) is 11.8. The highest BCUT2D eigenvalue weighted by molar-refractivity contribution is 6.31. The Balaban J connectivity index is 1.84. The van der Waals surface area contributed by atoms with Crippen molar-refractivity contribution in [3.05, 3.63) is 50.9 Å². The lowest BCUT2D eigenvalue weighted by Gasteiger charge is -2.27. The summed E-state index contributed by atoms with van der Waals surface area (Å²) in [4.78, 5) is 12.3. The molecule has 8 heteroatoms. The highest BCUT2D eigenvalue weighted by atomic mass is 35.5. The minimum absolute atomic E-state index is 0.0314. The molecule has 0 aliphatic heterocycles. The van der Waals surface area contributed by atoms with E-state index in [-0.39, 0.29) is 41.6 Å². The average molecular weight is 374 g/mol. The predicted octanol–water partition coefficient (Wildman–Crippen LogP) is 3.79. The van der Waals surface area contributed by atoms with Gasteiger partial charge in [-0.05, 0) is 30.9 Å². The molecular formula is C17H19ClF3N3O. The number of rotatable bonds is 4. The summed E-state index contributed by atoms with van der Waals surface area (Å²) in [5.41, 5.74) is -0.161. The molecule has 136 valence electrons. The van der Waals surface area contributed by atoms with Crippen molar-refractivity contribution in [2.45, 2.75) is 44.6 Å². The number of aryl methyl sites for hydroxylation is 1. The summed E-state index contributed by atoms with van der Waals surface area (Å²) in [5.74, 6) is -2.58. The van der Waals surface area contributed by atoms with Crippen molar-refractivity contribution in [2.75, 3.05) is 0 Å². The first-order valence-corrected chi connectivity index (χ1v) is 8.58. The lowest BCUT2D eigenvalue weighted by atomic mass is 9.84. The van der Waals surface area contributed by atoms with Crippen LogP contribution < -0.4 is 5.69 Å². The highest BCUT2D eigenvalue weighted by Crippen LogP contribution is 2.37. The van der Waals surface area contributed by atoms with E-state index in [1.165, 1.54) is 28.4 Å². The van der Waals surface area contributed by atoms with Gasteiger partial charge in [-0.3, -0.25) is 4.57 Å². The summed E-state index contributed by atoms with van der Waals surface area (Å²) >= 11 is 6.05. The van der Waals surface area contributed by atoms with E-state index in [0.29, 0.717) is 25.1 Å². The van der Waals surface area contributed by atoms with Gasteiger partial charge in [-0.2, -0.15) is 5.10 Å². The van der Waals surface area contributed by atoms with Gasteiger partial charge in [-0.15, -0.1) is 0 Å². The second-order valence-corrected chi connectivity index (χ2v) is 7.02. The van der Waals surface area contributed by atoms with E-state index in [4.69, 9.17) is 11.6 Å². The molecule has 0 radical (unpaired) electrons. The van der Waals surface area contributed by atoms with Gasteiger partial charge in [-0.1, -0.05) is 17.7 Å². The van der Waals surface area contributed by atoms with Crippen LogP contribution in [0.3, 0.4) is 0 Å². The fourth-order valence-corrected chi connectivity index (χ4v) is 3.49. The lowest BCUT2D eigenvalue weighted by Crippen LogP contribution is -2.28. The molecule has 25 heavy (non-hydrogen) atoms. The molecule has 1 saturated carbocycles. The van der Waals surface area contributed by atoms with Gasteiger partial charge in [0, 0.05) is 36.9 Å². The Morgan fingerprint density at radius 3 is 2.64 bits per heavy atom. The van der Waals surface area contributed by atoms with E-state index < -0.39 is 11.7 Å². The average Bonchev–Trinajstić information content (AvgIpc) is 2.80. The molecule has 1 aromatic heterocycles. The third-order valence-corrected chi connectivity index (χ3v) is 5.12. The maximum Gasteiger partial charge on any atom is 0.345 e. The number of halogens is 4. The fraction of sp³-hybridized carbons (Fsp3) is 0.529. The summed E-state index contributed by atoms with van der Waals surface area (Å²) in [6.45, 7) is -0.0314. The Morgan fingerprint density at radius 1 is 1.32 bits per heavy atom. The van der Waals surface area contributed by atoms with Gasteiger partial charge < -0.3 is 0 Å². The quantitative estimate of drug-likeness (QED) is 0.818. The molecular weight excluding hydrogens is 355 g/mol. The zero-order chi connectivity index (χ0) is 18.2. The van der Waals surface area contributed by atoms with E-state index in [0.717, 1.165) is 0 Å². The highest BCUT2D eigenvalue weighted by Gasteiger charge is 2.35. The molecule has 1 aliphatic carbocycles. The standard InChI is InChI=1S/C17H19ClF3N3O/c1-23-16(25)24(10-12-13(18)3-2-4-14(12)19)15(22-23)9-11-5-7-17(20,21)8-6-11/h2-4,11H,5-10H2,1H3. The van der Waals surface area contributed by atoms with E-state index in [2.05, 4.69) is 5.10 Å². The Hall–Kier alpha value is -1.76. The van der Waals surface area contributed by atoms with Crippen LogP contribution in [0.15, 0.2) is 23.0 Å². The molecule has 0 saturated heterocycles. The molecule has 4 nitrogen and oxygen atoms in total. The van der Waals surface area contributed by atoms with Crippen molar-refractivity contribution >= 4 is 11.6 Å². The normalized spacial score (nSPS) is 17.8.